The number of anilines is 1. The number of methoxy groups -OCH3 is 1. The van der Waals surface area contributed by atoms with E-state index in [-0.39, 0.29) is 12.5 Å². The molecule has 0 unspecified atom stereocenters. The molecule has 0 bridgehead atoms. The number of hydrogen-bond acceptors (Lipinski definition) is 5. The van der Waals surface area contributed by atoms with Crippen molar-refractivity contribution in [1.82, 2.24) is 9.97 Å². The van der Waals surface area contributed by atoms with Gasteiger partial charge in [0.05, 0.1) is 7.11 Å². The molecule has 0 aliphatic heterocycles. The first-order valence-electron chi connectivity index (χ1n) is 5.60. The summed E-state index contributed by atoms with van der Waals surface area (Å²) in [4.78, 5) is 19.5. The Morgan fingerprint density at radius 2 is 2.05 bits per heavy atom. The highest BCUT2D eigenvalue weighted by molar-refractivity contribution is 6.29. The van der Waals surface area contributed by atoms with Crippen molar-refractivity contribution >= 4 is 23.4 Å². The summed E-state index contributed by atoms with van der Waals surface area (Å²) in [6, 6.07) is 11.0. The van der Waals surface area contributed by atoms with Crippen LogP contribution in [0.2, 0.25) is 5.15 Å². The van der Waals surface area contributed by atoms with Crippen LogP contribution in [-0.2, 0) is 9.53 Å². The van der Waals surface area contributed by atoms with Crippen LogP contribution in [0.25, 0.3) is 11.4 Å². The number of benzene rings is 1. The molecule has 1 N–H and O–H groups in total. The Balaban J connectivity index is 2.22. The summed E-state index contributed by atoms with van der Waals surface area (Å²) in [5.74, 6) is 0.598. The Kier molecular flexibility index (Phi) is 4.30. The van der Waals surface area contributed by atoms with Gasteiger partial charge in [-0.15, -0.1) is 0 Å². The topological polar surface area (TPSA) is 64.1 Å². The average molecular weight is 278 g/mol. The first-order valence-corrected chi connectivity index (χ1v) is 5.97. The minimum atomic E-state index is -0.379. The van der Waals surface area contributed by atoms with Crippen LogP contribution in [0.5, 0.6) is 0 Å². The van der Waals surface area contributed by atoms with Crippen molar-refractivity contribution in [3.8, 4) is 11.4 Å². The van der Waals surface area contributed by atoms with E-state index in [2.05, 4.69) is 20.0 Å². The summed E-state index contributed by atoms with van der Waals surface area (Å²) in [5.41, 5.74) is 0.853. The number of ether oxygens (including phenoxy) is 1. The second-order valence-electron chi connectivity index (χ2n) is 3.70. The Morgan fingerprint density at radius 3 is 2.74 bits per heavy atom. The third kappa shape index (κ3) is 3.66. The van der Waals surface area contributed by atoms with Crippen molar-refractivity contribution < 1.29 is 9.53 Å². The maximum absolute atomic E-state index is 11.1. The average Bonchev–Trinajstić information content (AvgIpc) is 2.45. The van der Waals surface area contributed by atoms with E-state index in [1.165, 1.54) is 7.11 Å². The second-order valence-corrected chi connectivity index (χ2v) is 4.08. The Hall–Kier alpha value is -2.14. The van der Waals surface area contributed by atoms with Gasteiger partial charge >= 0.3 is 5.97 Å². The zero-order chi connectivity index (χ0) is 13.7. The van der Waals surface area contributed by atoms with Crippen LogP contribution in [0.3, 0.4) is 0 Å². The number of halogens is 1. The fraction of sp³-hybridized carbons (Fsp3) is 0.154. The zero-order valence-electron chi connectivity index (χ0n) is 10.3. The molecule has 0 fully saturated rings. The Bertz CT molecular complexity index is 575. The minimum absolute atomic E-state index is 0.0259. The smallest absolute Gasteiger partial charge is 0.325 e. The van der Waals surface area contributed by atoms with Crippen molar-refractivity contribution in [3.05, 3.63) is 41.6 Å². The number of nitrogens with zero attached hydrogens (tertiary/aromatic N) is 2. The number of aromatic nitrogens is 2. The number of nitrogens with one attached hydrogen (secondary N) is 1. The highest BCUT2D eigenvalue weighted by atomic mass is 35.5. The van der Waals surface area contributed by atoms with E-state index in [9.17, 15) is 4.79 Å². The van der Waals surface area contributed by atoms with Gasteiger partial charge in [-0.3, -0.25) is 4.79 Å². The molecule has 0 saturated heterocycles. The van der Waals surface area contributed by atoms with Crippen LogP contribution < -0.4 is 5.32 Å². The lowest BCUT2D eigenvalue weighted by Gasteiger charge is -2.07. The summed E-state index contributed by atoms with van der Waals surface area (Å²) >= 11 is 5.94. The molecule has 0 aliphatic carbocycles. The van der Waals surface area contributed by atoms with Crippen molar-refractivity contribution in [2.24, 2.45) is 0 Å². The third-order valence-electron chi connectivity index (χ3n) is 2.37. The van der Waals surface area contributed by atoms with Gasteiger partial charge in [0.2, 0.25) is 0 Å². The Labute approximate surface area is 115 Å². The molecule has 6 heteroatoms. The lowest BCUT2D eigenvalue weighted by molar-refractivity contribution is -0.138. The van der Waals surface area contributed by atoms with Crippen LogP contribution in [0.4, 0.5) is 5.82 Å². The fourth-order valence-corrected chi connectivity index (χ4v) is 1.64. The summed E-state index contributed by atoms with van der Waals surface area (Å²) in [6.07, 6.45) is 0. The van der Waals surface area contributed by atoms with Gasteiger partial charge < -0.3 is 10.1 Å². The van der Waals surface area contributed by atoms with Crippen LogP contribution in [-0.4, -0.2) is 29.6 Å². The molecular formula is C13H12ClN3O2. The van der Waals surface area contributed by atoms with Gasteiger partial charge in [-0.25, -0.2) is 9.97 Å². The predicted molar refractivity (Wildman–Crippen MR) is 73.0 cm³/mol. The van der Waals surface area contributed by atoms with Gasteiger partial charge in [-0.05, 0) is 0 Å². The molecule has 1 aromatic carbocycles. The maximum Gasteiger partial charge on any atom is 0.325 e. The van der Waals surface area contributed by atoms with Gasteiger partial charge in [0.1, 0.15) is 17.5 Å². The molecular weight excluding hydrogens is 266 g/mol. The van der Waals surface area contributed by atoms with Gasteiger partial charge in [0.15, 0.2) is 5.82 Å². The van der Waals surface area contributed by atoms with Crippen molar-refractivity contribution in [1.29, 1.82) is 0 Å². The normalized spacial score (nSPS) is 10.0. The number of carbonyl (C=O) groups is 1. The molecule has 0 amide bonds. The molecule has 0 atom stereocenters. The second kappa shape index (κ2) is 6.15. The zero-order valence-corrected chi connectivity index (χ0v) is 11.0. The number of hydrogen-bond donors (Lipinski definition) is 1. The summed E-state index contributed by atoms with van der Waals surface area (Å²) in [7, 11) is 1.33. The maximum atomic E-state index is 11.1. The standard InChI is InChI=1S/C13H12ClN3O2/c1-19-12(18)8-15-11-7-10(14)16-13(17-11)9-5-3-2-4-6-9/h2-7H,8H2,1H3,(H,15,16,17). The van der Waals surface area contributed by atoms with Gasteiger partial charge in [-0.2, -0.15) is 0 Å². The lowest BCUT2D eigenvalue weighted by Crippen LogP contribution is -2.16. The van der Waals surface area contributed by atoms with E-state index in [1.54, 1.807) is 6.07 Å². The van der Waals surface area contributed by atoms with E-state index in [1.807, 2.05) is 30.3 Å². The molecule has 1 heterocycles. The van der Waals surface area contributed by atoms with E-state index in [0.29, 0.717) is 16.8 Å². The van der Waals surface area contributed by atoms with Crippen molar-refractivity contribution in [2.45, 2.75) is 0 Å². The SMILES string of the molecule is COC(=O)CNc1cc(Cl)nc(-c2ccccc2)n1. The Morgan fingerprint density at radius 1 is 1.32 bits per heavy atom. The number of carbonyl (C=O) groups excluding carboxylic acids is 1. The van der Waals surface area contributed by atoms with Gasteiger partial charge in [0, 0.05) is 11.6 Å². The number of rotatable bonds is 4. The summed E-state index contributed by atoms with van der Waals surface area (Å²) in [6.45, 7) is 0.0259. The van der Waals surface area contributed by atoms with E-state index < -0.39 is 0 Å². The van der Waals surface area contributed by atoms with E-state index in [0.717, 1.165) is 5.56 Å². The molecule has 0 radical (unpaired) electrons. The molecule has 2 rings (SSSR count). The highest BCUT2D eigenvalue weighted by Crippen LogP contribution is 2.19. The largest absolute Gasteiger partial charge is 0.468 e. The molecule has 2 aromatic rings. The lowest BCUT2D eigenvalue weighted by atomic mass is 10.2. The van der Waals surface area contributed by atoms with Crippen molar-refractivity contribution in [2.75, 3.05) is 19.0 Å². The highest BCUT2D eigenvalue weighted by Gasteiger charge is 2.07. The van der Waals surface area contributed by atoms with Crippen molar-refractivity contribution in [3.63, 3.8) is 0 Å². The monoisotopic (exact) mass is 277 g/mol. The first-order chi connectivity index (χ1) is 9.19. The van der Waals surface area contributed by atoms with Crippen LogP contribution in [0.15, 0.2) is 36.4 Å². The molecule has 5 nitrogen and oxygen atoms in total. The summed E-state index contributed by atoms with van der Waals surface area (Å²) < 4.78 is 4.54. The van der Waals surface area contributed by atoms with Gasteiger partial charge in [0.25, 0.3) is 0 Å². The summed E-state index contributed by atoms with van der Waals surface area (Å²) in [5, 5.41) is 3.14. The molecule has 1 aromatic heterocycles. The predicted octanol–water partition coefficient (Wildman–Crippen LogP) is 2.38. The first kappa shape index (κ1) is 13.3. The third-order valence-corrected chi connectivity index (χ3v) is 2.56. The van der Waals surface area contributed by atoms with E-state index in [4.69, 9.17) is 11.6 Å². The van der Waals surface area contributed by atoms with Crippen LogP contribution in [0.1, 0.15) is 0 Å². The van der Waals surface area contributed by atoms with Gasteiger partial charge in [-0.1, -0.05) is 41.9 Å². The van der Waals surface area contributed by atoms with Crippen LogP contribution in [0, 0.1) is 0 Å². The fourth-order valence-electron chi connectivity index (χ4n) is 1.46. The molecule has 0 saturated carbocycles. The molecule has 19 heavy (non-hydrogen) atoms. The number of esters is 1. The quantitative estimate of drug-likeness (QED) is 0.687. The minimum Gasteiger partial charge on any atom is -0.468 e. The molecule has 0 aliphatic rings. The van der Waals surface area contributed by atoms with Crippen LogP contribution >= 0.6 is 11.6 Å². The molecule has 0 spiro atoms. The van der Waals surface area contributed by atoms with E-state index >= 15 is 0 Å². The molecule has 98 valence electrons.